The number of benzene rings is 2. The standard InChI is InChI=1S/C16H12N2O8/c1-25-16(20)14(10-5-3-2-4-6-10)26-15(19)11-7-12(17(21)22)9-13(8-11)18(23)24/h2-9,14H,1H3/t14-/m0/s1. The Kier molecular flexibility index (Phi) is 5.58. The molecule has 0 amide bonds. The lowest BCUT2D eigenvalue weighted by Crippen LogP contribution is -2.21. The predicted octanol–water partition coefficient (Wildman–Crippen LogP) is 2.57. The highest BCUT2D eigenvalue weighted by Gasteiger charge is 2.28. The van der Waals surface area contributed by atoms with E-state index in [4.69, 9.17) is 4.74 Å². The number of nitro benzene ring substituents is 2. The predicted molar refractivity (Wildman–Crippen MR) is 86.4 cm³/mol. The summed E-state index contributed by atoms with van der Waals surface area (Å²) in [5, 5.41) is 21.8. The van der Waals surface area contributed by atoms with Crippen molar-refractivity contribution in [2.45, 2.75) is 6.10 Å². The van der Waals surface area contributed by atoms with Crippen molar-refractivity contribution in [1.82, 2.24) is 0 Å². The number of ether oxygens (including phenoxy) is 2. The van der Waals surface area contributed by atoms with E-state index in [1.807, 2.05) is 0 Å². The van der Waals surface area contributed by atoms with Crippen LogP contribution in [0.3, 0.4) is 0 Å². The van der Waals surface area contributed by atoms with Crippen molar-refractivity contribution in [1.29, 1.82) is 0 Å². The second-order valence-corrected chi connectivity index (χ2v) is 4.97. The Morgan fingerprint density at radius 3 is 1.96 bits per heavy atom. The normalized spacial score (nSPS) is 11.3. The maximum atomic E-state index is 12.3. The van der Waals surface area contributed by atoms with Crippen LogP contribution in [-0.2, 0) is 14.3 Å². The highest BCUT2D eigenvalue weighted by molar-refractivity contribution is 5.93. The first-order chi connectivity index (χ1) is 12.3. The molecule has 0 saturated heterocycles. The number of nitrogens with zero attached hydrogens (tertiary/aromatic N) is 2. The summed E-state index contributed by atoms with van der Waals surface area (Å²) in [6.07, 6.45) is -1.42. The molecule has 0 spiro atoms. The van der Waals surface area contributed by atoms with Gasteiger partial charge in [-0.1, -0.05) is 30.3 Å². The first-order valence-electron chi connectivity index (χ1n) is 7.11. The lowest BCUT2D eigenvalue weighted by Gasteiger charge is -2.16. The van der Waals surface area contributed by atoms with Crippen LogP contribution in [0.2, 0.25) is 0 Å². The van der Waals surface area contributed by atoms with Crippen LogP contribution in [0.15, 0.2) is 48.5 Å². The Morgan fingerprint density at radius 1 is 0.962 bits per heavy atom. The number of carbonyl (C=O) groups is 2. The van der Waals surface area contributed by atoms with Crippen LogP contribution < -0.4 is 0 Å². The molecule has 0 radical (unpaired) electrons. The van der Waals surface area contributed by atoms with Gasteiger partial charge in [0.25, 0.3) is 11.4 Å². The molecule has 0 aliphatic carbocycles. The van der Waals surface area contributed by atoms with Gasteiger partial charge in [-0.25, -0.2) is 9.59 Å². The fraction of sp³-hybridized carbons (Fsp3) is 0.125. The molecule has 0 aromatic heterocycles. The van der Waals surface area contributed by atoms with Crippen molar-refractivity contribution in [3.63, 3.8) is 0 Å². The average Bonchev–Trinajstić information content (AvgIpc) is 2.65. The molecule has 0 N–H and O–H groups in total. The minimum absolute atomic E-state index is 0.313. The molecule has 1 atom stereocenters. The molecular weight excluding hydrogens is 348 g/mol. The molecular formula is C16H12N2O8. The number of nitro groups is 2. The molecule has 2 aromatic rings. The Hall–Kier alpha value is -3.82. The molecule has 0 unspecified atom stereocenters. The minimum atomic E-state index is -1.42. The zero-order valence-corrected chi connectivity index (χ0v) is 13.4. The van der Waals surface area contributed by atoms with Gasteiger partial charge in [0.15, 0.2) is 0 Å². The number of non-ortho nitro benzene ring substituents is 2. The van der Waals surface area contributed by atoms with Crippen molar-refractivity contribution in [2.75, 3.05) is 7.11 Å². The summed E-state index contributed by atoms with van der Waals surface area (Å²) in [4.78, 5) is 44.3. The quantitative estimate of drug-likeness (QED) is 0.435. The van der Waals surface area contributed by atoms with E-state index in [-0.39, 0.29) is 0 Å². The monoisotopic (exact) mass is 360 g/mol. The maximum Gasteiger partial charge on any atom is 0.351 e. The third-order valence-corrected chi connectivity index (χ3v) is 3.30. The molecule has 2 aromatic carbocycles. The first-order valence-corrected chi connectivity index (χ1v) is 7.11. The van der Waals surface area contributed by atoms with Crippen LogP contribution in [0, 0.1) is 20.2 Å². The molecule has 26 heavy (non-hydrogen) atoms. The van der Waals surface area contributed by atoms with Crippen molar-refractivity contribution >= 4 is 23.3 Å². The molecule has 0 fully saturated rings. The Bertz CT molecular complexity index is 834. The summed E-state index contributed by atoms with van der Waals surface area (Å²) in [6.45, 7) is 0. The van der Waals surface area contributed by atoms with Gasteiger partial charge in [0.1, 0.15) is 0 Å². The van der Waals surface area contributed by atoms with Crippen molar-refractivity contribution in [3.05, 3.63) is 79.9 Å². The van der Waals surface area contributed by atoms with Crippen LogP contribution in [0.5, 0.6) is 0 Å². The third-order valence-electron chi connectivity index (χ3n) is 3.30. The lowest BCUT2D eigenvalue weighted by atomic mass is 10.1. The van der Waals surface area contributed by atoms with E-state index in [2.05, 4.69) is 4.74 Å². The molecule has 0 aliphatic rings. The summed E-state index contributed by atoms with van der Waals surface area (Å²) in [7, 11) is 1.10. The Labute approximate surface area is 146 Å². The topological polar surface area (TPSA) is 139 Å². The number of hydrogen-bond acceptors (Lipinski definition) is 8. The maximum absolute atomic E-state index is 12.3. The van der Waals surface area contributed by atoms with E-state index in [0.29, 0.717) is 11.6 Å². The summed E-state index contributed by atoms with van der Waals surface area (Å²) in [6, 6.07) is 10.3. The van der Waals surface area contributed by atoms with E-state index in [0.717, 1.165) is 19.2 Å². The van der Waals surface area contributed by atoms with E-state index < -0.39 is 44.8 Å². The fourth-order valence-electron chi connectivity index (χ4n) is 2.09. The summed E-state index contributed by atoms with van der Waals surface area (Å²) >= 11 is 0. The van der Waals surface area contributed by atoms with Crippen LogP contribution in [-0.4, -0.2) is 28.9 Å². The molecule has 0 saturated carbocycles. The average molecular weight is 360 g/mol. The highest BCUT2D eigenvalue weighted by Crippen LogP contribution is 2.26. The number of hydrogen-bond donors (Lipinski definition) is 0. The van der Waals surface area contributed by atoms with Crippen molar-refractivity contribution in [2.24, 2.45) is 0 Å². The summed E-state index contributed by atoms with van der Waals surface area (Å²) in [5.74, 6) is -2.01. The van der Waals surface area contributed by atoms with Gasteiger partial charge in [0, 0.05) is 17.7 Å². The van der Waals surface area contributed by atoms with Gasteiger partial charge in [-0.15, -0.1) is 0 Å². The van der Waals surface area contributed by atoms with E-state index in [9.17, 15) is 29.8 Å². The first kappa shape index (κ1) is 18.5. The number of esters is 2. The minimum Gasteiger partial charge on any atom is -0.466 e. The Morgan fingerprint density at radius 2 is 1.50 bits per heavy atom. The number of carbonyl (C=O) groups excluding carboxylic acids is 2. The van der Waals surface area contributed by atoms with Crippen molar-refractivity contribution < 1.29 is 28.9 Å². The zero-order valence-electron chi connectivity index (χ0n) is 13.4. The lowest BCUT2D eigenvalue weighted by molar-refractivity contribution is -0.394. The summed E-state index contributed by atoms with van der Waals surface area (Å²) in [5.41, 5.74) is -1.43. The van der Waals surface area contributed by atoms with Gasteiger partial charge in [-0.3, -0.25) is 20.2 Å². The molecule has 0 aliphatic heterocycles. The summed E-state index contributed by atoms with van der Waals surface area (Å²) < 4.78 is 9.68. The third kappa shape index (κ3) is 4.17. The van der Waals surface area contributed by atoms with Crippen LogP contribution in [0.4, 0.5) is 11.4 Å². The molecule has 0 bridgehead atoms. The Balaban J connectivity index is 2.39. The van der Waals surface area contributed by atoms with Gasteiger partial charge < -0.3 is 9.47 Å². The van der Waals surface area contributed by atoms with Crippen LogP contribution in [0.1, 0.15) is 22.0 Å². The van der Waals surface area contributed by atoms with E-state index in [1.54, 1.807) is 18.2 Å². The van der Waals surface area contributed by atoms with Gasteiger partial charge in [0.05, 0.1) is 28.6 Å². The second-order valence-electron chi connectivity index (χ2n) is 4.97. The second kappa shape index (κ2) is 7.83. The SMILES string of the molecule is COC(=O)[C@@H](OC(=O)c1cc([N+](=O)[O-])cc([N+](=O)[O-])c1)c1ccccc1. The molecule has 10 nitrogen and oxygen atoms in total. The molecule has 134 valence electrons. The fourth-order valence-corrected chi connectivity index (χ4v) is 2.09. The van der Waals surface area contributed by atoms with Gasteiger partial charge in [0.2, 0.25) is 6.10 Å². The molecule has 10 heteroatoms. The van der Waals surface area contributed by atoms with Crippen LogP contribution in [0.25, 0.3) is 0 Å². The smallest absolute Gasteiger partial charge is 0.351 e. The van der Waals surface area contributed by atoms with Gasteiger partial charge >= 0.3 is 11.9 Å². The van der Waals surface area contributed by atoms with Gasteiger partial charge in [-0.2, -0.15) is 0 Å². The van der Waals surface area contributed by atoms with E-state index >= 15 is 0 Å². The molecule has 0 heterocycles. The number of rotatable bonds is 6. The van der Waals surface area contributed by atoms with E-state index in [1.165, 1.54) is 12.1 Å². The highest BCUT2D eigenvalue weighted by atomic mass is 16.6. The van der Waals surface area contributed by atoms with Crippen molar-refractivity contribution in [3.8, 4) is 0 Å². The zero-order chi connectivity index (χ0) is 19.3. The number of methoxy groups -OCH3 is 1. The molecule has 2 rings (SSSR count). The largest absolute Gasteiger partial charge is 0.466 e. The van der Waals surface area contributed by atoms with Crippen LogP contribution >= 0.6 is 0 Å². The van der Waals surface area contributed by atoms with Gasteiger partial charge in [-0.05, 0) is 0 Å².